The number of nitrogens with two attached hydrogens (primary N) is 1. The summed E-state index contributed by atoms with van der Waals surface area (Å²) in [5, 5.41) is 0. The predicted octanol–water partition coefficient (Wildman–Crippen LogP) is 4.34. The lowest BCUT2D eigenvalue weighted by Gasteiger charge is -2.38. The number of halogens is 2. The second kappa shape index (κ2) is 6.20. The van der Waals surface area contributed by atoms with Gasteiger partial charge in [-0.2, -0.15) is 0 Å². The summed E-state index contributed by atoms with van der Waals surface area (Å²) in [6, 6.07) is 2.43. The van der Waals surface area contributed by atoms with Gasteiger partial charge >= 0.3 is 0 Å². The highest BCUT2D eigenvalue weighted by Gasteiger charge is 2.29. The van der Waals surface area contributed by atoms with Gasteiger partial charge in [0.15, 0.2) is 11.6 Å². The molecule has 1 aromatic rings. The van der Waals surface area contributed by atoms with Gasteiger partial charge in [0.05, 0.1) is 0 Å². The zero-order valence-electron chi connectivity index (χ0n) is 12.5. The monoisotopic (exact) mass is 294 g/mol. The van der Waals surface area contributed by atoms with Gasteiger partial charge in [-0.25, -0.2) is 8.78 Å². The van der Waals surface area contributed by atoms with E-state index in [1.807, 2.05) is 4.90 Å². The van der Waals surface area contributed by atoms with E-state index in [-0.39, 0.29) is 11.4 Å². The van der Waals surface area contributed by atoms with Gasteiger partial charge in [0.1, 0.15) is 5.69 Å². The Hall–Kier alpha value is -1.32. The van der Waals surface area contributed by atoms with Crippen LogP contribution in [0, 0.1) is 23.5 Å². The van der Waals surface area contributed by atoms with Crippen molar-refractivity contribution in [2.45, 2.75) is 44.9 Å². The second-order valence-corrected chi connectivity index (χ2v) is 6.56. The molecule has 21 heavy (non-hydrogen) atoms. The average molecular weight is 294 g/mol. The van der Waals surface area contributed by atoms with Gasteiger partial charge in [0.25, 0.3) is 0 Å². The lowest BCUT2D eigenvalue weighted by molar-refractivity contribution is 0.212. The third-order valence-electron chi connectivity index (χ3n) is 5.21. The Morgan fingerprint density at radius 3 is 1.95 bits per heavy atom. The Bertz CT molecular complexity index is 467. The molecular weight excluding hydrogens is 270 g/mol. The molecule has 1 aliphatic carbocycles. The molecule has 0 unspecified atom stereocenters. The van der Waals surface area contributed by atoms with Crippen molar-refractivity contribution in [3.8, 4) is 0 Å². The van der Waals surface area contributed by atoms with Gasteiger partial charge in [0, 0.05) is 18.8 Å². The standard InChI is InChI=1S/C17H24F2N2/c18-15-10-14(20)11-16(19)17(15)21-8-6-13(7-9-21)12-4-2-1-3-5-12/h10-13H,1-9,20H2. The lowest BCUT2D eigenvalue weighted by Crippen LogP contribution is -2.37. The Labute approximate surface area is 125 Å². The second-order valence-electron chi connectivity index (χ2n) is 6.56. The van der Waals surface area contributed by atoms with Crippen molar-refractivity contribution in [3.63, 3.8) is 0 Å². The molecule has 2 N–H and O–H groups in total. The van der Waals surface area contributed by atoms with Crippen molar-refractivity contribution < 1.29 is 8.78 Å². The van der Waals surface area contributed by atoms with Crippen LogP contribution >= 0.6 is 0 Å². The number of benzene rings is 1. The highest BCUT2D eigenvalue weighted by atomic mass is 19.1. The maximum absolute atomic E-state index is 14.0. The van der Waals surface area contributed by atoms with E-state index in [2.05, 4.69) is 0 Å². The van der Waals surface area contributed by atoms with E-state index in [1.54, 1.807) is 0 Å². The minimum absolute atomic E-state index is 0.103. The molecule has 116 valence electrons. The largest absolute Gasteiger partial charge is 0.399 e. The SMILES string of the molecule is Nc1cc(F)c(N2CCC(C3CCCCC3)CC2)c(F)c1. The maximum Gasteiger partial charge on any atom is 0.151 e. The van der Waals surface area contributed by atoms with Crippen LogP contribution in [0.1, 0.15) is 44.9 Å². The molecule has 0 bridgehead atoms. The summed E-state index contributed by atoms with van der Waals surface area (Å²) in [4.78, 5) is 1.85. The fourth-order valence-electron chi connectivity index (χ4n) is 4.09. The molecular formula is C17H24F2N2. The Morgan fingerprint density at radius 2 is 1.38 bits per heavy atom. The predicted molar refractivity (Wildman–Crippen MR) is 82.3 cm³/mol. The molecule has 0 spiro atoms. The van der Waals surface area contributed by atoms with Crippen LogP contribution in [-0.4, -0.2) is 13.1 Å². The number of piperidine rings is 1. The Kier molecular flexibility index (Phi) is 4.32. The summed E-state index contributed by atoms with van der Waals surface area (Å²) >= 11 is 0. The van der Waals surface area contributed by atoms with Crippen molar-refractivity contribution in [2.75, 3.05) is 23.7 Å². The molecule has 1 heterocycles. The van der Waals surface area contributed by atoms with E-state index in [1.165, 1.54) is 44.2 Å². The lowest BCUT2D eigenvalue weighted by atomic mass is 9.76. The van der Waals surface area contributed by atoms with Crippen molar-refractivity contribution in [1.29, 1.82) is 0 Å². The van der Waals surface area contributed by atoms with E-state index >= 15 is 0 Å². The first-order valence-electron chi connectivity index (χ1n) is 8.14. The van der Waals surface area contributed by atoms with Crippen LogP contribution in [0.3, 0.4) is 0 Å². The number of hydrogen-bond acceptors (Lipinski definition) is 2. The topological polar surface area (TPSA) is 29.3 Å². The molecule has 0 aromatic heterocycles. The summed E-state index contributed by atoms with van der Waals surface area (Å²) in [6.07, 6.45) is 8.86. The third kappa shape index (κ3) is 3.14. The van der Waals surface area contributed by atoms with Gasteiger partial charge in [-0.3, -0.25) is 0 Å². The minimum atomic E-state index is -0.538. The normalized spacial score (nSPS) is 21.7. The minimum Gasteiger partial charge on any atom is -0.399 e. The van der Waals surface area contributed by atoms with Crippen LogP contribution in [0.25, 0.3) is 0 Å². The van der Waals surface area contributed by atoms with Crippen LogP contribution < -0.4 is 10.6 Å². The van der Waals surface area contributed by atoms with E-state index in [0.717, 1.165) is 37.8 Å². The molecule has 2 nitrogen and oxygen atoms in total. The number of rotatable bonds is 2. The van der Waals surface area contributed by atoms with Gasteiger partial charge in [-0.15, -0.1) is 0 Å². The Morgan fingerprint density at radius 1 is 0.857 bits per heavy atom. The quantitative estimate of drug-likeness (QED) is 0.822. The summed E-state index contributed by atoms with van der Waals surface area (Å²) in [6.45, 7) is 1.50. The van der Waals surface area contributed by atoms with Crippen LogP contribution in [0.2, 0.25) is 0 Å². The molecule has 1 aromatic carbocycles. The number of anilines is 2. The van der Waals surface area contributed by atoms with Crippen molar-refractivity contribution >= 4 is 11.4 Å². The molecule has 0 radical (unpaired) electrons. The van der Waals surface area contributed by atoms with Gasteiger partial charge in [-0.1, -0.05) is 32.1 Å². The zero-order chi connectivity index (χ0) is 14.8. The van der Waals surface area contributed by atoms with Crippen LogP contribution in [0.15, 0.2) is 12.1 Å². The van der Waals surface area contributed by atoms with Crippen LogP contribution in [0.4, 0.5) is 20.2 Å². The van der Waals surface area contributed by atoms with Crippen molar-refractivity contribution in [3.05, 3.63) is 23.8 Å². The average Bonchev–Trinajstić information content (AvgIpc) is 2.48. The number of nitrogens with zero attached hydrogens (tertiary/aromatic N) is 1. The van der Waals surface area contributed by atoms with Gasteiger partial charge < -0.3 is 10.6 Å². The molecule has 1 saturated heterocycles. The van der Waals surface area contributed by atoms with Gasteiger partial charge in [-0.05, 0) is 36.8 Å². The van der Waals surface area contributed by atoms with Crippen LogP contribution in [-0.2, 0) is 0 Å². The molecule has 1 saturated carbocycles. The zero-order valence-corrected chi connectivity index (χ0v) is 12.5. The number of hydrogen-bond donors (Lipinski definition) is 1. The summed E-state index contributed by atoms with van der Waals surface area (Å²) in [5.41, 5.74) is 5.73. The molecule has 2 aliphatic rings. The highest BCUT2D eigenvalue weighted by Crippen LogP contribution is 2.37. The van der Waals surface area contributed by atoms with E-state index in [0.29, 0.717) is 0 Å². The highest BCUT2D eigenvalue weighted by molar-refractivity contribution is 5.56. The first kappa shape index (κ1) is 14.6. The van der Waals surface area contributed by atoms with E-state index in [4.69, 9.17) is 5.73 Å². The number of nitrogen functional groups attached to an aromatic ring is 1. The van der Waals surface area contributed by atoms with Crippen molar-refractivity contribution in [1.82, 2.24) is 0 Å². The molecule has 0 atom stereocenters. The fourth-order valence-corrected chi connectivity index (χ4v) is 4.09. The van der Waals surface area contributed by atoms with Gasteiger partial charge in [0.2, 0.25) is 0 Å². The molecule has 3 rings (SSSR count). The molecule has 2 fully saturated rings. The summed E-state index contributed by atoms with van der Waals surface area (Å²) in [7, 11) is 0. The van der Waals surface area contributed by atoms with E-state index in [9.17, 15) is 8.78 Å². The first-order valence-corrected chi connectivity index (χ1v) is 8.14. The fraction of sp³-hybridized carbons (Fsp3) is 0.647. The Balaban J connectivity index is 1.65. The summed E-state index contributed by atoms with van der Waals surface area (Å²) in [5.74, 6) is 0.496. The molecule has 1 aliphatic heterocycles. The summed E-state index contributed by atoms with van der Waals surface area (Å²) < 4.78 is 28.0. The van der Waals surface area contributed by atoms with Crippen LogP contribution in [0.5, 0.6) is 0 Å². The molecule has 0 amide bonds. The van der Waals surface area contributed by atoms with E-state index < -0.39 is 11.6 Å². The third-order valence-corrected chi connectivity index (χ3v) is 5.21. The maximum atomic E-state index is 14.0. The smallest absolute Gasteiger partial charge is 0.151 e. The molecule has 4 heteroatoms. The first-order chi connectivity index (χ1) is 10.1. The van der Waals surface area contributed by atoms with Crippen molar-refractivity contribution in [2.24, 2.45) is 11.8 Å².